The minimum absolute atomic E-state index is 0.0861. The molecule has 38 heavy (non-hydrogen) atoms. The Morgan fingerprint density at radius 3 is 2.34 bits per heavy atom. The number of Topliss-reactive ketones (excluding diaryl/α,β-unsaturated/α-hetero) is 1. The molecule has 5 nitrogen and oxygen atoms in total. The zero-order valence-electron chi connectivity index (χ0n) is 21.5. The maximum absolute atomic E-state index is 13.0. The molecule has 0 unspecified atom stereocenters. The first-order chi connectivity index (χ1) is 18.2. The average Bonchev–Trinajstić information content (AvgIpc) is 3.22. The van der Waals surface area contributed by atoms with Gasteiger partial charge in [-0.05, 0) is 92.1 Å². The third-order valence-electron chi connectivity index (χ3n) is 7.24. The summed E-state index contributed by atoms with van der Waals surface area (Å²) in [6.45, 7) is 5.63. The summed E-state index contributed by atoms with van der Waals surface area (Å²) >= 11 is 0. The summed E-state index contributed by atoms with van der Waals surface area (Å²) in [5, 5.41) is 0. The van der Waals surface area contributed by atoms with Crippen molar-refractivity contribution in [1.82, 2.24) is 9.38 Å². The molecule has 4 aromatic rings. The minimum Gasteiger partial charge on any atom is -0.406 e. The third kappa shape index (κ3) is 5.85. The van der Waals surface area contributed by atoms with Crippen LogP contribution in [0.5, 0.6) is 5.75 Å². The molecular formula is C30H30F3N3O2. The number of alkyl halides is 3. The van der Waals surface area contributed by atoms with Gasteiger partial charge in [-0.25, -0.2) is 4.98 Å². The zero-order valence-corrected chi connectivity index (χ0v) is 21.5. The third-order valence-corrected chi connectivity index (χ3v) is 7.24. The number of carbonyl (C=O) groups excluding carboxylic acids is 1. The van der Waals surface area contributed by atoms with Crippen LogP contribution in [0.2, 0.25) is 0 Å². The second-order valence-electron chi connectivity index (χ2n) is 9.95. The van der Waals surface area contributed by atoms with Crippen LogP contribution < -0.4 is 9.64 Å². The molecule has 198 valence electrons. The number of fused-ring (bicyclic) bond motifs is 1. The van der Waals surface area contributed by atoms with Crippen LogP contribution in [0, 0.1) is 13.8 Å². The Hall–Kier alpha value is -3.81. The first-order valence-electron chi connectivity index (χ1n) is 12.8. The van der Waals surface area contributed by atoms with E-state index in [0.29, 0.717) is 24.5 Å². The number of pyridine rings is 1. The fourth-order valence-corrected chi connectivity index (χ4v) is 5.26. The molecule has 0 N–H and O–H groups in total. The second-order valence-corrected chi connectivity index (χ2v) is 9.95. The van der Waals surface area contributed by atoms with Crippen molar-refractivity contribution >= 4 is 17.1 Å². The second kappa shape index (κ2) is 10.5. The summed E-state index contributed by atoms with van der Waals surface area (Å²) < 4.78 is 43.0. The molecule has 0 bridgehead atoms. The molecule has 0 spiro atoms. The Balaban J connectivity index is 1.14. The van der Waals surface area contributed by atoms with Crippen LogP contribution >= 0.6 is 0 Å². The molecule has 5 rings (SSSR count). The van der Waals surface area contributed by atoms with Gasteiger partial charge in [-0.15, -0.1) is 13.2 Å². The molecule has 8 heteroatoms. The number of hydrogen-bond acceptors (Lipinski definition) is 4. The number of anilines is 1. The van der Waals surface area contributed by atoms with Gasteiger partial charge in [-0.3, -0.25) is 9.20 Å². The first-order valence-corrected chi connectivity index (χ1v) is 12.8. The molecule has 0 aliphatic carbocycles. The SMILES string of the molecule is Cc1ccn2c(C(=O)CCc3ccc(N4CCC(c5ccc(OC(F)(F)F)cc5)CC4)cc3)c(C)nc2c1. The van der Waals surface area contributed by atoms with E-state index >= 15 is 0 Å². The summed E-state index contributed by atoms with van der Waals surface area (Å²) in [6, 6.07) is 18.6. The normalized spacial score (nSPS) is 14.7. The lowest BCUT2D eigenvalue weighted by Crippen LogP contribution is -2.32. The van der Waals surface area contributed by atoms with E-state index in [1.165, 1.54) is 12.1 Å². The van der Waals surface area contributed by atoms with Gasteiger partial charge < -0.3 is 9.64 Å². The van der Waals surface area contributed by atoms with E-state index in [-0.39, 0.29) is 11.5 Å². The number of aromatic nitrogens is 2. The number of carbonyl (C=O) groups is 1. The number of nitrogens with zero attached hydrogens (tertiary/aromatic N) is 3. The average molecular weight is 522 g/mol. The molecule has 0 saturated carbocycles. The Labute approximate surface area is 219 Å². The van der Waals surface area contributed by atoms with Gasteiger partial charge in [-0.1, -0.05) is 24.3 Å². The number of aryl methyl sites for hydroxylation is 3. The van der Waals surface area contributed by atoms with Crippen LogP contribution in [0.25, 0.3) is 5.65 Å². The number of rotatable bonds is 7. The maximum atomic E-state index is 13.0. The van der Waals surface area contributed by atoms with E-state index in [1.54, 1.807) is 12.1 Å². The van der Waals surface area contributed by atoms with Crippen LogP contribution in [0.1, 0.15) is 58.1 Å². The largest absolute Gasteiger partial charge is 0.573 e. The maximum Gasteiger partial charge on any atom is 0.573 e. The van der Waals surface area contributed by atoms with Crippen molar-refractivity contribution in [1.29, 1.82) is 0 Å². The van der Waals surface area contributed by atoms with Gasteiger partial charge >= 0.3 is 6.36 Å². The quantitative estimate of drug-likeness (QED) is 0.245. The van der Waals surface area contributed by atoms with Crippen molar-refractivity contribution in [2.75, 3.05) is 18.0 Å². The monoisotopic (exact) mass is 521 g/mol. The Morgan fingerprint density at radius 2 is 1.68 bits per heavy atom. The molecule has 1 aliphatic rings. The molecule has 0 atom stereocenters. The number of ether oxygens (including phenoxy) is 1. The molecular weight excluding hydrogens is 491 g/mol. The van der Waals surface area contributed by atoms with Crippen LogP contribution in [0.4, 0.5) is 18.9 Å². The topological polar surface area (TPSA) is 46.8 Å². The number of halogens is 3. The smallest absolute Gasteiger partial charge is 0.406 e. The van der Waals surface area contributed by atoms with Gasteiger partial charge in [0.2, 0.25) is 0 Å². The number of ketones is 1. The summed E-state index contributed by atoms with van der Waals surface area (Å²) in [7, 11) is 0. The van der Waals surface area contributed by atoms with Crippen LogP contribution in [-0.4, -0.2) is 34.6 Å². The Morgan fingerprint density at radius 1 is 1.00 bits per heavy atom. The zero-order chi connectivity index (χ0) is 26.9. The number of hydrogen-bond donors (Lipinski definition) is 0. The standard InChI is InChI=1S/C30H30F3N3O2/c1-20-13-18-36-28(19-20)34-21(2)29(36)27(37)12-5-22-3-8-25(9-4-22)35-16-14-24(15-17-35)23-6-10-26(11-7-23)38-30(31,32)33/h3-4,6-11,13,18-19,24H,5,12,14-17H2,1-2H3. The number of benzene rings is 2. The van der Waals surface area contributed by atoms with Gasteiger partial charge in [0.15, 0.2) is 5.78 Å². The van der Waals surface area contributed by atoms with Gasteiger partial charge in [0.1, 0.15) is 17.1 Å². The number of imidazole rings is 1. The molecule has 1 aliphatic heterocycles. The first kappa shape index (κ1) is 25.8. The highest BCUT2D eigenvalue weighted by atomic mass is 19.4. The van der Waals surface area contributed by atoms with Gasteiger partial charge in [-0.2, -0.15) is 0 Å². The van der Waals surface area contributed by atoms with Gasteiger partial charge in [0.05, 0.1) is 5.69 Å². The Kier molecular flexibility index (Phi) is 7.15. The van der Waals surface area contributed by atoms with Crippen molar-refractivity contribution in [2.24, 2.45) is 0 Å². The lowest BCUT2D eigenvalue weighted by molar-refractivity contribution is -0.274. The summed E-state index contributed by atoms with van der Waals surface area (Å²) in [5.74, 6) is 0.204. The van der Waals surface area contributed by atoms with Crippen molar-refractivity contribution in [3.8, 4) is 5.75 Å². The van der Waals surface area contributed by atoms with E-state index in [4.69, 9.17) is 0 Å². The van der Waals surface area contributed by atoms with Crippen LogP contribution in [0.3, 0.4) is 0 Å². The van der Waals surface area contributed by atoms with E-state index in [2.05, 4.69) is 38.9 Å². The Bertz CT molecular complexity index is 1420. The molecule has 0 radical (unpaired) electrons. The highest BCUT2D eigenvalue weighted by Gasteiger charge is 2.31. The predicted octanol–water partition coefficient (Wildman–Crippen LogP) is 7.05. The van der Waals surface area contributed by atoms with Crippen molar-refractivity contribution in [3.05, 3.63) is 94.9 Å². The highest BCUT2D eigenvalue weighted by Crippen LogP contribution is 2.32. The summed E-state index contributed by atoms with van der Waals surface area (Å²) in [5.41, 5.74) is 6.61. The van der Waals surface area contributed by atoms with Gasteiger partial charge in [0, 0.05) is 31.4 Å². The fourth-order valence-electron chi connectivity index (χ4n) is 5.26. The van der Waals surface area contributed by atoms with Crippen LogP contribution in [-0.2, 0) is 6.42 Å². The molecule has 1 fully saturated rings. The lowest BCUT2D eigenvalue weighted by Gasteiger charge is -2.34. The van der Waals surface area contributed by atoms with Crippen molar-refractivity contribution < 1.29 is 22.7 Å². The summed E-state index contributed by atoms with van der Waals surface area (Å²) in [6.07, 6.45) is 0.161. The van der Waals surface area contributed by atoms with E-state index in [1.807, 2.05) is 36.6 Å². The predicted molar refractivity (Wildman–Crippen MR) is 141 cm³/mol. The fraction of sp³-hybridized carbons (Fsp3) is 0.333. The highest BCUT2D eigenvalue weighted by molar-refractivity contribution is 5.96. The molecule has 0 amide bonds. The molecule has 3 heterocycles. The van der Waals surface area contributed by atoms with Crippen molar-refractivity contribution in [2.45, 2.75) is 51.8 Å². The number of piperidine rings is 1. The lowest BCUT2D eigenvalue weighted by atomic mass is 9.89. The van der Waals surface area contributed by atoms with E-state index in [9.17, 15) is 18.0 Å². The molecule has 2 aromatic carbocycles. The minimum atomic E-state index is -4.68. The van der Waals surface area contributed by atoms with E-state index in [0.717, 1.165) is 59.7 Å². The van der Waals surface area contributed by atoms with Gasteiger partial charge in [0.25, 0.3) is 0 Å². The summed E-state index contributed by atoms with van der Waals surface area (Å²) in [4.78, 5) is 19.9. The molecule has 2 aromatic heterocycles. The van der Waals surface area contributed by atoms with E-state index < -0.39 is 6.36 Å². The molecule has 1 saturated heterocycles. The van der Waals surface area contributed by atoms with Crippen LogP contribution in [0.15, 0.2) is 66.9 Å². The van der Waals surface area contributed by atoms with Crippen molar-refractivity contribution in [3.63, 3.8) is 0 Å².